The number of phenolic OH excluding ortho intramolecular Hbond substituents is 1. The van der Waals surface area contributed by atoms with Crippen LogP contribution in [0.15, 0.2) is 40.9 Å². The van der Waals surface area contributed by atoms with E-state index >= 15 is 0 Å². The van der Waals surface area contributed by atoms with Crippen LogP contribution in [-0.2, 0) is 6.16 Å². The molecule has 1 unspecified atom stereocenters. The van der Waals surface area contributed by atoms with E-state index in [-0.39, 0.29) is 17.2 Å². The molecule has 0 aromatic heterocycles. The van der Waals surface area contributed by atoms with Gasteiger partial charge in [-0.2, -0.15) is 0 Å². The monoisotopic (exact) mass is 351 g/mol. The van der Waals surface area contributed by atoms with Crippen molar-refractivity contribution in [1.29, 1.82) is 0 Å². The first kappa shape index (κ1) is 15.0. The maximum atomic E-state index is 12.2. The Balaban J connectivity index is 2.25. The molecule has 2 aromatic carbocycles. The van der Waals surface area contributed by atoms with Crippen LogP contribution in [0, 0.1) is 6.92 Å². The number of anilines is 1. The lowest BCUT2D eigenvalue weighted by Crippen LogP contribution is -2.12. The molecule has 20 heavy (non-hydrogen) atoms. The van der Waals surface area contributed by atoms with Crippen LogP contribution in [-0.4, -0.2) is 11.0 Å². The molecular formula is C15H15BrNO2P. The third-order valence-corrected chi connectivity index (χ3v) is 4.04. The number of carbonyl (C=O) groups excluding carboxylic acids is 1. The zero-order chi connectivity index (χ0) is 14.7. The van der Waals surface area contributed by atoms with Crippen molar-refractivity contribution in [2.45, 2.75) is 13.1 Å². The van der Waals surface area contributed by atoms with E-state index in [1.807, 2.05) is 25.1 Å². The Labute approximate surface area is 128 Å². The summed E-state index contributed by atoms with van der Waals surface area (Å²) >= 11 is 3.44. The fraction of sp³-hybridized carbons (Fsp3) is 0.133. The molecular weight excluding hydrogens is 337 g/mol. The summed E-state index contributed by atoms with van der Waals surface area (Å²) in [5.74, 6) is -0.351. The van der Waals surface area contributed by atoms with Crippen LogP contribution >= 0.6 is 25.2 Å². The Morgan fingerprint density at radius 3 is 2.70 bits per heavy atom. The Morgan fingerprint density at radius 1 is 1.30 bits per heavy atom. The van der Waals surface area contributed by atoms with Gasteiger partial charge in [-0.05, 0) is 58.8 Å². The first-order valence-corrected chi connectivity index (χ1v) is 7.71. The summed E-state index contributed by atoms with van der Waals surface area (Å²) in [6.45, 7) is 1.87. The van der Waals surface area contributed by atoms with Gasteiger partial charge in [0, 0.05) is 4.47 Å². The van der Waals surface area contributed by atoms with Crippen LogP contribution in [0.25, 0.3) is 0 Å². The van der Waals surface area contributed by atoms with E-state index in [0.29, 0.717) is 5.69 Å². The van der Waals surface area contributed by atoms with Gasteiger partial charge >= 0.3 is 0 Å². The molecule has 2 rings (SSSR count). The number of aryl methyl sites for hydroxylation is 1. The second-order valence-electron chi connectivity index (χ2n) is 4.49. The largest absolute Gasteiger partial charge is 0.507 e. The summed E-state index contributed by atoms with van der Waals surface area (Å²) in [5.41, 5.74) is 3.02. The highest BCUT2D eigenvalue weighted by Crippen LogP contribution is 2.26. The number of carbonyl (C=O) groups is 1. The summed E-state index contributed by atoms with van der Waals surface area (Å²) in [6.07, 6.45) is 0.853. The van der Waals surface area contributed by atoms with Gasteiger partial charge in [0.15, 0.2) is 0 Å². The molecule has 2 N–H and O–H groups in total. The van der Waals surface area contributed by atoms with Gasteiger partial charge in [0.1, 0.15) is 5.75 Å². The average molecular weight is 352 g/mol. The van der Waals surface area contributed by atoms with E-state index in [1.165, 1.54) is 6.07 Å². The third kappa shape index (κ3) is 3.38. The molecule has 0 fully saturated rings. The second kappa shape index (κ2) is 6.38. The van der Waals surface area contributed by atoms with Crippen molar-refractivity contribution in [1.82, 2.24) is 0 Å². The van der Waals surface area contributed by atoms with E-state index in [4.69, 9.17) is 0 Å². The maximum absolute atomic E-state index is 12.2. The quantitative estimate of drug-likeness (QED) is 0.818. The molecule has 1 amide bonds. The van der Waals surface area contributed by atoms with E-state index < -0.39 is 0 Å². The molecule has 3 nitrogen and oxygen atoms in total. The van der Waals surface area contributed by atoms with Gasteiger partial charge in [0.25, 0.3) is 5.91 Å². The summed E-state index contributed by atoms with van der Waals surface area (Å²) in [6, 6.07) is 10.7. The molecule has 0 spiro atoms. The smallest absolute Gasteiger partial charge is 0.259 e. The number of nitrogens with one attached hydrogen (secondary N) is 1. The predicted octanol–water partition coefficient (Wildman–Crippen LogP) is 4.09. The number of benzene rings is 2. The lowest BCUT2D eigenvalue weighted by molar-refractivity contribution is 0.102. The van der Waals surface area contributed by atoms with Crippen molar-refractivity contribution in [3.8, 4) is 5.75 Å². The number of halogens is 1. The van der Waals surface area contributed by atoms with Crippen LogP contribution < -0.4 is 5.32 Å². The molecule has 104 valence electrons. The summed E-state index contributed by atoms with van der Waals surface area (Å²) in [4.78, 5) is 12.2. The zero-order valence-electron chi connectivity index (χ0n) is 11.0. The van der Waals surface area contributed by atoms with Crippen molar-refractivity contribution in [2.24, 2.45) is 0 Å². The van der Waals surface area contributed by atoms with Crippen LogP contribution in [0.1, 0.15) is 21.5 Å². The normalized spacial score (nSPS) is 10.3. The standard InChI is InChI=1S/C15H15BrNO2P/c1-9-2-5-14(18)11(6-9)15(19)17-13-4-3-10(8-20)7-12(13)16/h2-7,18H,8,20H2,1H3,(H,17,19). The van der Waals surface area contributed by atoms with E-state index in [1.54, 1.807) is 12.1 Å². The first-order valence-electron chi connectivity index (χ1n) is 6.10. The number of phenols is 1. The van der Waals surface area contributed by atoms with E-state index in [0.717, 1.165) is 21.8 Å². The van der Waals surface area contributed by atoms with Crippen LogP contribution in [0.3, 0.4) is 0 Å². The highest BCUT2D eigenvalue weighted by molar-refractivity contribution is 9.10. The number of hydrogen-bond donors (Lipinski definition) is 2. The van der Waals surface area contributed by atoms with Gasteiger partial charge in [-0.3, -0.25) is 4.79 Å². The fourth-order valence-electron chi connectivity index (χ4n) is 1.81. The number of aromatic hydroxyl groups is 1. The molecule has 1 atom stereocenters. The number of hydrogen-bond acceptors (Lipinski definition) is 2. The molecule has 0 saturated carbocycles. The van der Waals surface area contributed by atoms with E-state index in [9.17, 15) is 9.90 Å². The molecule has 0 saturated heterocycles. The van der Waals surface area contributed by atoms with Crippen molar-refractivity contribution >= 4 is 36.8 Å². The van der Waals surface area contributed by atoms with Gasteiger partial charge in [-0.25, -0.2) is 0 Å². The Hall–Kier alpha value is -1.38. The first-order chi connectivity index (χ1) is 9.51. The third-order valence-electron chi connectivity index (χ3n) is 2.91. The van der Waals surface area contributed by atoms with Gasteiger partial charge in [-0.15, -0.1) is 9.24 Å². The van der Waals surface area contributed by atoms with Crippen molar-refractivity contribution < 1.29 is 9.90 Å². The zero-order valence-corrected chi connectivity index (χ0v) is 13.7. The number of rotatable bonds is 3. The molecule has 0 bridgehead atoms. The number of amides is 1. The topological polar surface area (TPSA) is 49.3 Å². The van der Waals surface area contributed by atoms with Crippen LogP contribution in [0.4, 0.5) is 5.69 Å². The lowest BCUT2D eigenvalue weighted by atomic mass is 10.1. The van der Waals surface area contributed by atoms with Crippen LogP contribution in [0.5, 0.6) is 5.75 Å². The van der Waals surface area contributed by atoms with Gasteiger partial charge in [0.05, 0.1) is 11.3 Å². The summed E-state index contributed by atoms with van der Waals surface area (Å²) < 4.78 is 0.818. The Morgan fingerprint density at radius 2 is 2.05 bits per heavy atom. The van der Waals surface area contributed by atoms with Gasteiger partial charge in [-0.1, -0.05) is 17.7 Å². The molecule has 0 radical (unpaired) electrons. The second-order valence-corrected chi connectivity index (χ2v) is 5.76. The Bertz CT molecular complexity index is 658. The molecule has 5 heteroatoms. The van der Waals surface area contributed by atoms with Crippen molar-refractivity contribution in [3.63, 3.8) is 0 Å². The average Bonchev–Trinajstić information content (AvgIpc) is 2.43. The predicted molar refractivity (Wildman–Crippen MR) is 88.4 cm³/mol. The molecule has 0 aliphatic rings. The van der Waals surface area contributed by atoms with Gasteiger partial charge in [0.2, 0.25) is 0 Å². The highest BCUT2D eigenvalue weighted by Gasteiger charge is 2.13. The summed E-state index contributed by atoms with van der Waals surface area (Å²) in [7, 11) is 2.65. The minimum absolute atomic E-state index is 0.0224. The van der Waals surface area contributed by atoms with Crippen molar-refractivity contribution in [2.75, 3.05) is 5.32 Å². The summed E-state index contributed by atoms with van der Waals surface area (Å²) in [5, 5.41) is 12.6. The minimum Gasteiger partial charge on any atom is -0.507 e. The molecule has 2 aromatic rings. The maximum Gasteiger partial charge on any atom is 0.259 e. The van der Waals surface area contributed by atoms with Gasteiger partial charge < -0.3 is 10.4 Å². The van der Waals surface area contributed by atoms with Crippen molar-refractivity contribution in [3.05, 3.63) is 57.6 Å². The molecule has 0 aliphatic carbocycles. The SMILES string of the molecule is Cc1ccc(O)c(C(=O)Nc2ccc(CP)cc2Br)c1. The fourth-order valence-corrected chi connectivity index (χ4v) is 2.59. The highest BCUT2D eigenvalue weighted by atomic mass is 79.9. The Kier molecular flexibility index (Phi) is 4.79. The van der Waals surface area contributed by atoms with Crippen LogP contribution in [0.2, 0.25) is 0 Å². The van der Waals surface area contributed by atoms with E-state index in [2.05, 4.69) is 30.5 Å². The molecule has 0 aliphatic heterocycles. The lowest BCUT2D eigenvalue weighted by Gasteiger charge is -2.10. The molecule has 0 heterocycles. The minimum atomic E-state index is -0.328.